The Labute approximate surface area is 115 Å². The van der Waals surface area contributed by atoms with Crippen LogP contribution in [0, 0.1) is 5.82 Å². The fourth-order valence-electron chi connectivity index (χ4n) is 1.13. The summed E-state index contributed by atoms with van der Waals surface area (Å²) in [7, 11) is 1.82. The summed E-state index contributed by atoms with van der Waals surface area (Å²) in [5, 5.41) is 5.71. The van der Waals surface area contributed by atoms with E-state index < -0.39 is 5.82 Å². The molecule has 0 aliphatic carbocycles. The highest BCUT2D eigenvalue weighted by Gasteiger charge is 2.08. The molecule has 0 aromatic heterocycles. The molecule has 1 rings (SSSR count). The lowest BCUT2D eigenvalue weighted by Crippen LogP contribution is -2.37. The molecular weight excluding hydrogens is 310 g/mol. The van der Waals surface area contributed by atoms with Crippen LogP contribution in [0.25, 0.3) is 0 Å². The third kappa shape index (κ3) is 5.48. The Morgan fingerprint density at radius 3 is 2.65 bits per heavy atom. The van der Waals surface area contributed by atoms with Crippen molar-refractivity contribution in [1.82, 2.24) is 10.6 Å². The molecule has 1 amide bonds. The highest BCUT2D eigenvalue weighted by atomic mass is 79.9. The SMILES string of the molecule is CNC(C)CNC(=O)c1cc(F)cc(Br)c1.Cl. The molecule has 0 saturated heterocycles. The zero-order valence-corrected chi connectivity index (χ0v) is 12.0. The summed E-state index contributed by atoms with van der Waals surface area (Å²) in [6.45, 7) is 2.45. The maximum Gasteiger partial charge on any atom is 0.251 e. The number of carbonyl (C=O) groups excluding carboxylic acids is 1. The molecule has 1 atom stereocenters. The summed E-state index contributed by atoms with van der Waals surface area (Å²) >= 11 is 3.14. The van der Waals surface area contributed by atoms with Gasteiger partial charge in [-0.05, 0) is 32.2 Å². The average molecular weight is 326 g/mol. The molecular formula is C11H15BrClFN2O. The first-order chi connectivity index (χ1) is 7.52. The average Bonchev–Trinajstić information content (AvgIpc) is 2.23. The first-order valence-corrected chi connectivity index (χ1v) is 5.73. The number of rotatable bonds is 4. The van der Waals surface area contributed by atoms with Gasteiger partial charge in [-0.1, -0.05) is 15.9 Å². The molecule has 1 aromatic carbocycles. The minimum absolute atomic E-state index is 0. The van der Waals surface area contributed by atoms with Crippen molar-refractivity contribution < 1.29 is 9.18 Å². The summed E-state index contributed by atoms with van der Waals surface area (Å²) in [4.78, 5) is 11.6. The number of benzene rings is 1. The Hall–Kier alpha value is -0.650. The van der Waals surface area contributed by atoms with Crippen LogP contribution in [0.5, 0.6) is 0 Å². The second-order valence-electron chi connectivity index (χ2n) is 3.56. The second-order valence-corrected chi connectivity index (χ2v) is 4.47. The number of carbonyl (C=O) groups is 1. The smallest absolute Gasteiger partial charge is 0.251 e. The Bertz CT molecular complexity index is 369. The van der Waals surface area contributed by atoms with Crippen molar-refractivity contribution in [1.29, 1.82) is 0 Å². The van der Waals surface area contributed by atoms with E-state index in [9.17, 15) is 9.18 Å². The van der Waals surface area contributed by atoms with E-state index in [2.05, 4.69) is 26.6 Å². The Kier molecular flexibility index (Phi) is 7.34. The van der Waals surface area contributed by atoms with Crippen LogP contribution < -0.4 is 10.6 Å². The molecule has 1 aromatic rings. The molecule has 0 heterocycles. The first-order valence-electron chi connectivity index (χ1n) is 4.94. The molecule has 0 aliphatic rings. The van der Waals surface area contributed by atoms with Crippen molar-refractivity contribution in [3.8, 4) is 0 Å². The topological polar surface area (TPSA) is 41.1 Å². The summed E-state index contributed by atoms with van der Waals surface area (Å²) in [5.41, 5.74) is 0.315. The van der Waals surface area contributed by atoms with Gasteiger partial charge in [0.25, 0.3) is 5.91 Å². The molecule has 0 spiro atoms. The van der Waals surface area contributed by atoms with Gasteiger partial charge in [0.1, 0.15) is 5.82 Å². The molecule has 2 N–H and O–H groups in total. The number of hydrogen-bond donors (Lipinski definition) is 2. The summed E-state index contributed by atoms with van der Waals surface area (Å²) in [5.74, 6) is -0.705. The lowest BCUT2D eigenvalue weighted by Gasteiger charge is -2.11. The summed E-state index contributed by atoms with van der Waals surface area (Å²) < 4.78 is 13.6. The Balaban J connectivity index is 0.00000256. The van der Waals surface area contributed by atoms with Crippen molar-refractivity contribution in [2.45, 2.75) is 13.0 Å². The van der Waals surface area contributed by atoms with Gasteiger partial charge in [-0.15, -0.1) is 12.4 Å². The fourth-order valence-corrected chi connectivity index (χ4v) is 1.60. The highest BCUT2D eigenvalue weighted by molar-refractivity contribution is 9.10. The van der Waals surface area contributed by atoms with E-state index in [0.717, 1.165) is 0 Å². The number of likely N-dealkylation sites (N-methyl/N-ethyl adjacent to an activating group) is 1. The zero-order chi connectivity index (χ0) is 12.1. The summed E-state index contributed by atoms with van der Waals surface area (Å²) in [6, 6.07) is 4.29. The molecule has 1 unspecified atom stereocenters. The van der Waals surface area contributed by atoms with E-state index in [1.807, 2.05) is 14.0 Å². The number of halogens is 3. The molecule has 3 nitrogen and oxygen atoms in total. The highest BCUT2D eigenvalue weighted by Crippen LogP contribution is 2.14. The van der Waals surface area contributed by atoms with Gasteiger partial charge in [0, 0.05) is 22.6 Å². The van der Waals surface area contributed by atoms with Crippen molar-refractivity contribution in [2.24, 2.45) is 0 Å². The van der Waals surface area contributed by atoms with E-state index in [-0.39, 0.29) is 24.4 Å². The maximum atomic E-state index is 13.0. The van der Waals surface area contributed by atoms with Crippen LogP contribution in [-0.4, -0.2) is 25.5 Å². The largest absolute Gasteiger partial charge is 0.350 e. The van der Waals surface area contributed by atoms with Gasteiger partial charge in [-0.3, -0.25) is 4.79 Å². The van der Waals surface area contributed by atoms with Crippen LogP contribution in [0.3, 0.4) is 0 Å². The molecule has 17 heavy (non-hydrogen) atoms. The van der Waals surface area contributed by atoms with Crippen LogP contribution in [0.2, 0.25) is 0 Å². The van der Waals surface area contributed by atoms with E-state index in [1.165, 1.54) is 12.1 Å². The van der Waals surface area contributed by atoms with Gasteiger partial charge in [-0.25, -0.2) is 4.39 Å². The molecule has 0 fully saturated rings. The lowest BCUT2D eigenvalue weighted by molar-refractivity contribution is 0.0950. The summed E-state index contributed by atoms with van der Waals surface area (Å²) in [6.07, 6.45) is 0. The molecule has 0 radical (unpaired) electrons. The Morgan fingerprint density at radius 1 is 1.47 bits per heavy atom. The van der Waals surface area contributed by atoms with Crippen LogP contribution in [0.1, 0.15) is 17.3 Å². The van der Waals surface area contributed by atoms with Crippen molar-refractivity contribution in [3.63, 3.8) is 0 Å². The lowest BCUT2D eigenvalue weighted by atomic mass is 10.2. The van der Waals surface area contributed by atoms with E-state index in [0.29, 0.717) is 16.6 Å². The van der Waals surface area contributed by atoms with Crippen LogP contribution in [0.15, 0.2) is 22.7 Å². The zero-order valence-electron chi connectivity index (χ0n) is 9.59. The predicted molar refractivity (Wildman–Crippen MR) is 72.2 cm³/mol. The van der Waals surface area contributed by atoms with Gasteiger partial charge >= 0.3 is 0 Å². The van der Waals surface area contributed by atoms with E-state index >= 15 is 0 Å². The molecule has 0 aliphatic heterocycles. The standard InChI is InChI=1S/C11H14BrFN2O.ClH/c1-7(14-2)6-15-11(16)8-3-9(12)5-10(13)4-8;/h3-5,7,14H,6H2,1-2H3,(H,15,16);1H. The van der Waals surface area contributed by atoms with Gasteiger partial charge in [0.15, 0.2) is 0 Å². The normalized spacial score (nSPS) is 11.5. The number of amides is 1. The van der Waals surface area contributed by atoms with Crippen LogP contribution >= 0.6 is 28.3 Å². The quantitative estimate of drug-likeness (QED) is 0.892. The molecule has 0 saturated carbocycles. The second kappa shape index (κ2) is 7.63. The monoisotopic (exact) mass is 324 g/mol. The van der Waals surface area contributed by atoms with E-state index in [1.54, 1.807) is 6.07 Å². The predicted octanol–water partition coefficient (Wildman–Crippen LogP) is 2.35. The van der Waals surface area contributed by atoms with E-state index in [4.69, 9.17) is 0 Å². The molecule has 96 valence electrons. The van der Waals surface area contributed by atoms with Gasteiger partial charge < -0.3 is 10.6 Å². The Morgan fingerprint density at radius 2 is 2.12 bits per heavy atom. The van der Waals surface area contributed by atoms with Crippen molar-refractivity contribution in [2.75, 3.05) is 13.6 Å². The van der Waals surface area contributed by atoms with Gasteiger partial charge in [0.2, 0.25) is 0 Å². The van der Waals surface area contributed by atoms with Crippen molar-refractivity contribution in [3.05, 3.63) is 34.1 Å². The minimum atomic E-state index is -0.429. The third-order valence-electron chi connectivity index (χ3n) is 2.19. The van der Waals surface area contributed by atoms with Crippen molar-refractivity contribution >= 4 is 34.2 Å². The number of nitrogens with one attached hydrogen (secondary N) is 2. The maximum absolute atomic E-state index is 13.0. The van der Waals surface area contributed by atoms with Gasteiger partial charge in [-0.2, -0.15) is 0 Å². The minimum Gasteiger partial charge on any atom is -0.350 e. The van der Waals surface area contributed by atoms with Crippen LogP contribution in [-0.2, 0) is 0 Å². The van der Waals surface area contributed by atoms with Gasteiger partial charge in [0.05, 0.1) is 0 Å². The van der Waals surface area contributed by atoms with Crippen LogP contribution in [0.4, 0.5) is 4.39 Å². The fraction of sp³-hybridized carbons (Fsp3) is 0.364. The molecule has 0 bridgehead atoms. The third-order valence-corrected chi connectivity index (χ3v) is 2.64. The number of hydrogen-bond acceptors (Lipinski definition) is 2. The molecule has 6 heteroatoms. The first kappa shape index (κ1) is 16.4.